The van der Waals surface area contributed by atoms with Crippen molar-refractivity contribution in [3.05, 3.63) is 24.4 Å². The molecule has 0 fully saturated rings. The molecule has 0 amide bonds. The van der Waals surface area contributed by atoms with E-state index in [9.17, 15) is 13.2 Å². The Bertz CT molecular complexity index is 726. The lowest BCUT2D eigenvalue weighted by Crippen LogP contribution is -2.13. The number of hydrogen-bond acceptors (Lipinski definition) is 5. The van der Waals surface area contributed by atoms with E-state index >= 15 is 0 Å². The summed E-state index contributed by atoms with van der Waals surface area (Å²) < 4.78 is 29.1. The second-order valence-corrected chi connectivity index (χ2v) is 5.79. The first-order valence-electron chi connectivity index (χ1n) is 5.55. The predicted molar refractivity (Wildman–Crippen MR) is 68.6 cm³/mol. The van der Waals surface area contributed by atoms with Crippen molar-refractivity contribution in [3.63, 3.8) is 0 Å². The van der Waals surface area contributed by atoms with E-state index in [0.717, 1.165) is 4.68 Å². The van der Waals surface area contributed by atoms with E-state index in [1.807, 2.05) is 0 Å². The molecular formula is C10H13N5O4S. The Morgan fingerprint density at radius 3 is 2.70 bits per heavy atom. The molecular weight excluding hydrogens is 286 g/mol. The molecule has 0 aliphatic carbocycles. The molecule has 2 N–H and O–H groups in total. The van der Waals surface area contributed by atoms with Crippen molar-refractivity contribution < 1.29 is 18.3 Å². The molecule has 0 saturated heterocycles. The van der Waals surface area contributed by atoms with Crippen molar-refractivity contribution in [3.8, 4) is 0 Å². The van der Waals surface area contributed by atoms with Gasteiger partial charge in [-0.15, -0.1) is 0 Å². The average molecular weight is 299 g/mol. The number of rotatable bonds is 5. The number of carboxylic acids is 1. The highest BCUT2D eigenvalue weighted by Crippen LogP contribution is 2.14. The lowest BCUT2D eigenvalue weighted by Gasteiger charge is -2.01. The van der Waals surface area contributed by atoms with E-state index in [4.69, 9.17) is 5.11 Å². The molecule has 0 radical (unpaired) electrons. The van der Waals surface area contributed by atoms with Crippen molar-refractivity contribution in [1.29, 1.82) is 0 Å². The topological polar surface area (TPSA) is 119 Å². The normalized spacial score (nSPS) is 11.5. The zero-order valence-electron chi connectivity index (χ0n) is 10.8. The Labute approximate surface area is 114 Å². The van der Waals surface area contributed by atoms with Gasteiger partial charge in [0.25, 0.3) is 10.0 Å². The highest BCUT2D eigenvalue weighted by molar-refractivity contribution is 7.92. The highest BCUT2D eigenvalue weighted by atomic mass is 32.2. The van der Waals surface area contributed by atoms with E-state index in [2.05, 4.69) is 14.8 Å². The van der Waals surface area contributed by atoms with Crippen molar-refractivity contribution in [2.45, 2.75) is 18.5 Å². The van der Waals surface area contributed by atoms with E-state index in [0.29, 0.717) is 5.82 Å². The molecule has 0 bridgehead atoms. The van der Waals surface area contributed by atoms with Crippen LogP contribution in [0.1, 0.15) is 5.82 Å². The van der Waals surface area contributed by atoms with E-state index in [-0.39, 0.29) is 17.3 Å². The molecule has 0 unspecified atom stereocenters. The number of nitrogens with one attached hydrogen (secondary N) is 1. The van der Waals surface area contributed by atoms with Crippen LogP contribution in [0.5, 0.6) is 0 Å². The minimum atomic E-state index is -3.81. The smallest absolute Gasteiger partial charge is 0.325 e. The van der Waals surface area contributed by atoms with E-state index in [1.54, 1.807) is 18.5 Å². The first kappa shape index (κ1) is 14.1. The number of hydrogen-bond donors (Lipinski definition) is 2. The molecule has 108 valence electrons. The van der Waals surface area contributed by atoms with Crippen LogP contribution in [-0.4, -0.2) is 38.8 Å². The Morgan fingerprint density at radius 1 is 1.45 bits per heavy atom. The van der Waals surface area contributed by atoms with Crippen molar-refractivity contribution in [2.75, 3.05) is 4.72 Å². The first-order valence-corrected chi connectivity index (χ1v) is 7.03. The van der Waals surface area contributed by atoms with Gasteiger partial charge in [-0.1, -0.05) is 0 Å². The van der Waals surface area contributed by atoms with Crippen LogP contribution in [0.3, 0.4) is 0 Å². The molecule has 0 aliphatic rings. The van der Waals surface area contributed by atoms with Crippen molar-refractivity contribution in [1.82, 2.24) is 19.3 Å². The van der Waals surface area contributed by atoms with Gasteiger partial charge in [0.05, 0.1) is 11.9 Å². The zero-order chi connectivity index (χ0) is 14.9. The van der Waals surface area contributed by atoms with E-state index in [1.165, 1.54) is 18.6 Å². The zero-order valence-corrected chi connectivity index (χ0v) is 11.6. The summed E-state index contributed by atoms with van der Waals surface area (Å²) in [5.74, 6) is -0.505. The molecule has 0 aromatic carbocycles. The van der Waals surface area contributed by atoms with E-state index < -0.39 is 16.0 Å². The number of anilines is 1. The molecule has 2 aromatic rings. The third-order valence-electron chi connectivity index (χ3n) is 2.54. The summed E-state index contributed by atoms with van der Waals surface area (Å²) in [4.78, 5) is 14.4. The summed E-state index contributed by atoms with van der Waals surface area (Å²) in [6.07, 6.45) is 3.91. The number of aliphatic carboxylic acids is 1. The number of sulfonamides is 1. The molecule has 10 heteroatoms. The maximum atomic E-state index is 12.1. The second kappa shape index (κ2) is 4.96. The van der Waals surface area contributed by atoms with Gasteiger partial charge in [0.15, 0.2) is 5.03 Å². The van der Waals surface area contributed by atoms with Gasteiger partial charge in [-0.05, 0) is 6.92 Å². The molecule has 2 rings (SSSR count). The van der Waals surface area contributed by atoms with Crippen LogP contribution < -0.4 is 4.72 Å². The van der Waals surface area contributed by atoms with Crippen LogP contribution >= 0.6 is 0 Å². The minimum Gasteiger partial charge on any atom is -0.480 e. The minimum absolute atomic E-state index is 0.108. The fourth-order valence-corrected chi connectivity index (χ4v) is 2.57. The molecule has 20 heavy (non-hydrogen) atoms. The van der Waals surface area contributed by atoms with Crippen LogP contribution in [0.4, 0.5) is 5.69 Å². The molecule has 2 aromatic heterocycles. The predicted octanol–water partition coefficient (Wildman–Crippen LogP) is -0.190. The Kier molecular flexibility index (Phi) is 3.49. The molecule has 2 heterocycles. The lowest BCUT2D eigenvalue weighted by atomic mass is 10.6. The molecule has 0 spiro atoms. The number of nitrogens with zero attached hydrogens (tertiary/aromatic N) is 4. The van der Waals surface area contributed by atoms with Gasteiger partial charge in [-0.3, -0.25) is 14.2 Å². The molecule has 0 saturated carbocycles. The summed E-state index contributed by atoms with van der Waals surface area (Å²) in [6, 6.07) is 0. The molecule has 0 aliphatic heterocycles. The van der Waals surface area contributed by atoms with Gasteiger partial charge in [-0.2, -0.15) is 13.5 Å². The van der Waals surface area contributed by atoms with Gasteiger partial charge in [0.1, 0.15) is 12.4 Å². The Hall–Kier alpha value is -2.36. The number of aryl methyl sites for hydroxylation is 2. The van der Waals surface area contributed by atoms with Crippen LogP contribution in [0.2, 0.25) is 0 Å². The average Bonchev–Trinajstić information content (AvgIpc) is 2.86. The standard InChI is InChI=1S/C10H13N5O4S/c1-7-12-9(5-14(7)2)20(18,19)13-8-3-11-15(4-8)6-10(16)17/h3-5,13H,6H2,1-2H3,(H,16,17). The van der Waals surface area contributed by atoms with Crippen LogP contribution in [0.15, 0.2) is 23.6 Å². The largest absolute Gasteiger partial charge is 0.480 e. The number of carboxylic acid groups (broad SMARTS) is 1. The summed E-state index contributed by atoms with van der Waals surface area (Å²) >= 11 is 0. The van der Waals surface area contributed by atoms with Gasteiger partial charge < -0.3 is 9.67 Å². The van der Waals surface area contributed by atoms with Gasteiger partial charge in [0, 0.05) is 19.4 Å². The monoisotopic (exact) mass is 299 g/mol. The number of aromatic nitrogens is 4. The Balaban J connectivity index is 2.20. The van der Waals surface area contributed by atoms with Crippen LogP contribution in [-0.2, 0) is 28.4 Å². The molecule has 9 nitrogen and oxygen atoms in total. The van der Waals surface area contributed by atoms with Gasteiger partial charge in [-0.25, -0.2) is 4.98 Å². The van der Waals surface area contributed by atoms with Gasteiger partial charge in [0.2, 0.25) is 0 Å². The fourth-order valence-electron chi connectivity index (χ4n) is 1.50. The summed E-state index contributed by atoms with van der Waals surface area (Å²) in [6.45, 7) is 1.34. The third-order valence-corrected chi connectivity index (χ3v) is 3.80. The number of imidazole rings is 1. The first-order chi connectivity index (χ1) is 9.28. The fraction of sp³-hybridized carbons (Fsp3) is 0.300. The van der Waals surface area contributed by atoms with Crippen molar-refractivity contribution >= 4 is 21.7 Å². The van der Waals surface area contributed by atoms with Crippen molar-refractivity contribution in [2.24, 2.45) is 7.05 Å². The summed E-state index contributed by atoms with van der Waals surface area (Å²) in [7, 11) is -2.13. The maximum Gasteiger partial charge on any atom is 0.325 e. The lowest BCUT2D eigenvalue weighted by molar-refractivity contribution is -0.137. The quantitative estimate of drug-likeness (QED) is 0.789. The summed E-state index contributed by atoms with van der Waals surface area (Å²) in [5, 5.41) is 12.2. The SMILES string of the molecule is Cc1nc(S(=O)(=O)Nc2cnn(CC(=O)O)c2)cn1C. The maximum absolute atomic E-state index is 12.1. The third kappa shape index (κ3) is 2.96. The Morgan fingerprint density at radius 2 is 2.15 bits per heavy atom. The van der Waals surface area contributed by atoms with Gasteiger partial charge >= 0.3 is 5.97 Å². The highest BCUT2D eigenvalue weighted by Gasteiger charge is 2.19. The van der Waals surface area contributed by atoms with Crippen LogP contribution in [0.25, 0.3) is 0 Å². The molecule has 0 atom stereocenters. The second-order valence-electron chi connectivity index (χ2n) is 4.16. The van der Waals surface area contributed by atoms with Crippen LogP contribution in [0, 0.1) is 6.92 Å². The summed E-state index contributed by atoms with van der Waals surface area (Å²) in [5.41, 5.74) is 0.176. The number of carbonyl (C=O) groups is 1.